The Morgan fingerprint density at radius 1 is 0.875 bits per heavy atom. The van der Waals surface area contributed by atoms with Crippen LogP contribution in [0.15, 0.2) is 78.0 Å². The third kappa shape index (κ3) is 5.35. The third-order valence-electron chi connectivity index (χ3n) is 6.21. The van der Waals surface area contributed by atoms with E-state index in [1.807, 2.05) is 25.4 Å². The summed E-state index contributed by atoms with van der Waals surface area (Å²) >= 11 is 0. The molecule has 0 radical (unpaired) electrons. The van der Waals surface area contributed by atoms with Gasteiger partial charge in [0, 0.05) is 44.3 Å². The van der Waals surface area contributed by atoms with Gasteiger partial charge in [-0.05, 0) is 67.3 Å². The Balaban J connectivity index is 0.000000189. The highest BCUT2D eigenvalue weighted by atomic mass is 32.2. The van der Waals surface area contributed by atoms with Gasteiger partial charge in [-0.15, -0.1) is 0 Å². The number of hydrogen-bond acceptors (Lipinski definition) is 5. The largest absolute Gasteiger partial charge is 0.371 e. The van der Waals surface area contributed by atoms with Crippen molar-refractivity contribution in [2.75, 3.05) is 38.1 Å². The molecule has 32 heavy (non-hydrogen) atoms. The van der Waals surface area contributed by atoms with Crippen LogP contribution in [0.3, 0.4) is 0 Å². The number of pyridine rings is 1. The lowest BCUT2D eigenvalue weighted by Gasteiger charge is -2.21. The molecule has 0 saturated carbocycles. The summed E-state index contributed by atoms with van der Waals surface area (Å²) in [4.78, 5) is 9.15. The number of anilines is 1. The molecule has 0 amide bonds. The Morgan fingerprint density at radius 3 is 2.03 bits per heavy atom. The predicted molar refractivity (Wildman–Crippen MR) is 127 cm³/mol. The minimum atomic E-state index is -4.02. The molecular weight excluding hydrogens is 422 g/mol. The smallest absolute Gasteiger partial charge is 0.294 e. The number of hydrogen-bond donors (Lipinski definition) is 1. The monoisotopic (exact) mass is 451 g/mol. The van der Waals surface area contributed by atoms with Crippen LogP contribution in [0.25, 0.3) is 11.1 Å². The lowest BCUT2D eigenvalue weighted by Crippen LogP contribution is -2.26. The number of nitrogens with zero attached hydrogens (tertiary/aromatic N) is 3. The number of likely N-dealkylation sites (tertiary alicyclic amines) is 1. The molecule has 0 aliphatic carbocycles. The molecule has 0 bridgehead atoms. The first-order valence-corrected chi connectivity index (χ1v) is 12.2. The summed E-state index contributed by atoms with van der Waals surface area (Å²) in [7, 11) is -1.78. The van der Waals surface area contributed by atoms with Crippen LogP contribution in [0.4, 0.5) is 5.69 Å². The first-order chi connectivity index (χ1) is 15.3. The van der Waals surface area contributed by atoms with E-state index in [0.717, 1.165) is 17.4 Å². The fraction of sp³-hybridized carbons (Fsp3) is 0.320. The zero-order valence-electron chi connectivity index (χ0n) is 18.4. The van der Waals surface area contributed by atoms with Gasteiger partial charge in [-0.1, -0.05) is 35.9 Å². The minimum absolute atomic E-state index is 0.0666. The highest BCUT2D eigenvalue weighted by Crippen LogP contribution is 2.34. The highest BCUT2D eigenvalue weighted by molar-refractivity contribution is 7.85. The minimum Gasteiger partial charge on any atom is -0.371 e. The SMILES string of the molecule is CN1CC2CN(c3ccc(-c4cccnc4)cc3)CC2C1.Cc1ccc(S(=O)(=O)O)cc1. The van der Waals surface area contributed by atoms with E-state index in [-0.39, 0.29) is 4.90 Å². The molecule has 2 aliphatic heterocycles. The standard InChI is InChI=1S/C18H21N3.C7H8O3S/c1-20-10-16-12-21(13-17(16)11-20)18-6-4-14(5-7-18)15-3-2-8-19-9-15;1-6-2-4-7(5-3-6)11(8,9)10/h2-9,16-17H,10-13H2,1H3;2-5H,1H3,(H,8,9,10). The molecule has 0 spiro atoms. The molecule has 1 N–H and O–H groups in total. The van der Waals surface area contributed by atoms with Crippen LogP contribution >= 0.6 is 0 Å². The number of aromatic nitrogens is 1. The van der Waals surface area contributed by atoms with Gasteiger partial charge in [-0.3, -0.25) is 9.54 Å². The zero-order valence-corrected chi connectivity index (χ0v) is 19.2. The highest BCUT2D eigenvalue weighted by Gasteiger charge is 2.38. The third-order valence-corrected chi connectivity index (χ3v) is 7.08. The molecule has 2 atom stereocenters. The fourth-order valence-electron chi connectivity index (χ4n) is 4.55. The van der Waals surface area contributed by atoms with Gasteiger partial charge < -0.3 is 9.80 Å². The van der Waals surface area contributed by atoms with Gasteiger partial charge in [-0.25, -0.2) is 0 Å². The van der Waals surface area contributed by atoms with Gasteiger partial charge in [0.05, 0.1) is 4.90 Å². The van der Waals surface area contributed by atoms with Gasteiger partial charge in [0.25, 0.3) is 10.1 Å². The Hall–Kier alpha value is -2.74. The van der Waals surface area contributed by atoms with Crippen LogP contribution in [0.1, 0.15) is 5.56 Å². The predicted octanol–water partition coefficient (Wildman–Crippen LogP) is 3.99. The maximum atomic E-state index is 10.5. The Kier molecular flexibility index (Phi) is 6.60. The molecule has 2 fully saturated rings. The van der Waals surface area contributed by atoms with E-state index in [0.29, 0.717) is 0 Å². The van der Waals surface area contributed by atoms with Crippen molar-refractivity contribution in [3.05, 3.63) is 78.6 Å². The molecule has 3 aromatic rings. The maximum Gasteiger partial charge on any atom is 0.294 e. The number of rotatable bonds is 3. The van der Waals surface area contributed by atoms with Crippen LogP contribution in [-0.4, -0.2) is 56.1 Å². The van der Waals surface area contributed by atoms with Crippen molar-refractivity contribution in [1.29, 1.82) is 0 Å². The van der Waals surface area contributed by atoms with Crippen LogP contribution in [0.5, 0.6) is 0 Å². The van der Waals surface area contributed by atoms with E-state index in [1.54, 1.807) is 12.1 Å². The van der Waals surface area contributed by atoms with Gasteiger partial charge in [0.2, 0.25) is 0 Å². The molecule has 1 aromatic heterocycles. The van der Waals surface area contributed by atoms with Gasteiger partial charge in [0.1, 0.15) is 0 Å². The average molecular weight is 452 g/mol. The summed E-state index contributed by atoms with van der Waals surface area (Å²) in [6, 6.07) is 19.0. The van der Waals surface area contributed by atoms with Crippen LogP contribution in [-0.2, 0) is 10.1 Å². The Labute approximate surface area is 190 Å². The number of fused-ring (bicyclic) bond motifs is 1. The van der Waals surface area contributed by atoms with E-state index < -0.39 is 10.1 Å². The Morgan fingerprint density at radius 2 is 1.50 bits per heavy atom. The summed E-state index contributed by atoms with van der Waals surface area (Å²) < 4.78 is 29.6. The lowest BCUT2D eigenvalue weighted by molar-refractivity contribution is 0.387. The summed E-state index contributed by atoms with van der Waals surface area (Å²) in [6.07, 6.45) is 3.74. The quantitative estimate of drug-likeness (QED) is 0.607. The molecule has 2 unspecified atom stereocenters. The van der Waals surface area contributed by atoms with Crippen molar-refractivity contribution in [2.24, 2.45) is 11.8 Å². The van der Waals surface area contributed by atoms with Crippen LogP contribution < -0.4 is 4.90 Å². The van der Waals surface area contributed by atoms with E-state index in [4.69, 9.17) is 4.55 Å². The van der Waals surface area contributed by atoms with E-state index in [1.165, 1.54) is 55.1 Å². The maximum absolute atomic E-state index is 10.5. The molecule has 7 heteroatoms. The topological polar surface area (TPSA) is 73.7 Å². The summed E-state index contributed by atoms with van der Waals surface area (Å²) in [6.45, 7) is 6.78. The summed E-state index contributed by atoms with van der Waals surface area (Å²) in [5.74, 6) is 1.71. The molecular formula is C25H29N3O3S. The second kappa shape index (κ2) is 9.40. The molecule has 2 saturated heterocycles. The number of benzene rings is 2. The van der Waals surface area contributed by atoms with Gasteiger partial charge in [0.15, 0.2) is 0 Å². The second-order valence-corrected chi connectivity index (χ2v) is 10.1. The Bertz CT molecular complexity index is 1120. The van der Waals surface area contributed by atoms with Gasteiger partial charge in [-0.2, -0.15) is 8.42 Å². The van der Waals surface area contributed by atoms with Crippen molar-refractivity contribution >= 4 is 15.8 Å². The normalized spacial score (nSPS) is 20.5. The zero-order chi connectivity index (χ0) is 22.7. The van der Waals surface area contributed by atoms with E-state index in [2.05, 4.69) is 52.2 Å². The molecule has 168 valence electrons. The van der Waals surface area contributed by atoms with Crippen molar-refractivity contribution < 1.29 is 13.0 Å². The first kappa shape index (κ1) is 22.5. The lowest BCUT2D eigenvalue weighted by atomic mass is 10.0. The molecule has 5 rings (SSSR count). The molecule has 6 nitrogen and oxygen atoms in total. The number of aryl methyl sites for hydroxylation is 1. The first-order valence-electron chi connectivity index (χ1n) is 10.8. The van der Waals surface area contributed by atoms with Crippen molar-refractivity contribution in [1.82, 2.24) is 9.88 Å². The summed E-state index contributed by atoms with van der Waals surface area (Å²) in [5.41, 5.74) is 4.74. The molecule has 3 heterocycles. The molecule has 2 aromatic carbocycles. The fourth-order valence-corrected chi connectivity index (χ4v) is 5.03. The van der Waals surface area contributed by atoms with Crippen LogP contribution in [0.2, 0.25) is 0 Å². The van der Waals surface area contributed by atoms with Crippen molar-refractivity contribution in [2.45, 2.75) is 11.8 Å². The van der Waals surface area contributed by atoms with Crippen molar-refractivity contribution in [3.8, 4) is 11.1 Å². The average Bonchev–Trinajstić information content (AvgIpc) is 3.32. The summed E-state index contributed by atoms with van der Waals surface area (Å²) in [5, 5.41) is 0. The second-order valence-electron chi connectivity index (χ2n) is 8.72. The van der Waals surface area contributed by atoms with Crippen molar-refractivity contribution in [3.63, 3.8) is 0 Å². The van der Waals surface area contributed by atoms with E-state index in [9.17, 15) is 8.42 Å². The van der Waals surface area contributed by atoms with Gasteiger partial charge >= 0.3 is 0 Å². The van der Waals surface area contributed by atoms with E-state index >= 15 is 0 Å². The van der Waals surface area contributed by atoms with Crippen LogP contribution in [0, 0.1) is 18.8 Å². The molecule has 2 aliphatic rings.